The van der Waals surface area contributed by atoms with Crippen molar-refractivity contribution in [2.45, 2.75) is 32.4 Å². The number of benzene rings is 1. The van der Waals surface area contributed by atoms with Crippen LogP contribution in [0.2, 0.25) is 0 Å². The van der Waals surface area contributed by atoms with Gasteiger partial charge in [0.25, 0.3) is 0 Å². The summed E-state index contributed by atoms with van der Waals surface area (Å²) in [6, 6.07) is 3.05. The van der Waals surface area contributed by atoms with Gasteiger partial charge in [-0.15, -0.1) is 0 Å². The zero-order chi connectivity index (χ0) is 12.1. The molecule has 1 unspecified atom stereocenters. The molecule has 0 saturated carbocycles. The summed E-state index contributed by atoms with van der Waals surface area (Å²) in [7, 11) is 0. The largest absolute Gasteiger partial charge is 0.377 e. The monoisotopic (exact) mass is 229 g/mol. The lowest BCUT2D eigenvalue weighted by Crippen LogP contribution is -2.30. The van der Waals surface area contributed by atoms with Gasteiger partial charge >= 0.3 is 0 Å². The second-order valence-electron chi connectivity index (χ2n) is 4.08. The van der Waals surface area contributed by atoms with Crippen molar-refractivity contribution in [3.05, 3.63) is 35.4 Å². The van der Waals surface area contributed by atoms with E-state index in [9.17, 15) is 8.78 Å². The van der Waals surface area contributed by atoms with Crippen LogP contribution in [0.3, 0.4) is 0 Å². The molecular weight excluding hydrogens is 212 g/mol. The molecule has 0 amide bonds. The Labute approximate surface area is 94.4 Å². The zero-order valence-corrected chi connectivity index (χ0v) is 9.54. The fourth-order valence-corrected chi connectivity index (χ4v) is 1.36. The summed E-state index contributed by atoms with van der Waals surface area (Å²) in [5.74, 6) is -0.880. The van der Waals surface area contributed by atoms with Crippen molar-refractivity contribution in [2.24, 2.45) is 5.73 Å². The molecule has 90 valence electrons. The van der Waals surface area contributed by atoms with Crippen LogP contribution in [-0.4, -0.2) is 18.8 Å². The molecule has 2 N–H and O–H groups in total. The minimum Gasteiger partial charge on any atom is -0.377 e. The Kier molecular flexibility index (Phi) is 4.83. The maximum Gasteiger partial charge on any atom is 0.126 e. The maximum atomic E-state index is 13.3. The molecule has 16 heavy (non-hydrogen) atoms. The minimum absolute atomic E-state index is 0.0865. The molecule has 1 rings (SSSR count). The van der Waals surface area contributed by atoms with Crippen molar-refractivity contribution in [1.29, 1.82) is 0 Å². The van der Waals surface area contributed by atoms with E-state index in [1.807, 2.05) is 13.8 Å². The van der Waals surface area contributed by atoms with E-state index in [-0.39, 0.29) is 18.6 Å². The normalized spacial score (nSPS) is 13.1. The Morgan fingerprint density at radius 3 is 2.62 bits per heavy atom. The van der Waals surface area contributed by atoms with Gasteiger partial charge in [0, 0.05) is 6.04 Å². The molecule has 1 atom stereocenters. The fraction of sp³-hybridized carbons (Fsp3) is 0.500. The summed E-state index contributed by atoms with van der Waals surface area (Å²) >= 11 is 0. The highest BCUT2D eigenvalue weighted by Gasteiger charge is 2.10. The van der Waals surface area contributed by atoms with Crippen molar-refractivity contribution >= 4 is 0 Å². The second-order valence-corrected chi connectivity index (χ2v) is 4.08. The van der Waals surface area contributed by atoms with Gasteiger partial charge in [-0.1, -0.05) is 0 Å². The first-order valence-electron chi connectivity index (χ1n) is 5.30. The summed E-state index contributed by atoms with van der Waals surface area (Å²) in [6.45, 7) is 4.14. The van der Waals surface area contributed by atoms with Crippen LogP contribution in [0.15, 0.2) is 18.2 Å². The quantitative estimate of drug-likeness (QED) is 0.840. The maximum absolute atomic E-state index is 13.3. The molecule has 1 aromatic rings. The highest BCUT2D eigenvalue weighted by Crippen LogP contribution is 2.11. The summed E-state index contributed by atoms with van der Waals surface area (Å²) in [5.41, 5.74) is 6.05. The van der Waals surface area contributed by atoms with Crippen molar-refractivity contribution in [3.8, 4) is 0 Å². The van der Waals surface area contributed by atoms with Crippen molar-refractivity contribution in [1.82, 2.24) is 0 Å². The molecule has 4 heteroatoms. The van der Waals surface area contributed by atoms with Gasteiger partial charge in [0.05, 0.1) is 12.7 Å². The zero-order valence-electron chi connectivity index (χ0n) is 9.54. The lowest BCUT2D eigenvalue weighted by Gasteiger charge is -2.14. The van der Waals surface area contributed by atoms with Crippen LogP contribution in [0.25, 0.3) is 0 Å². The molecular formula is C12H17F2NO. The third-order valence-corrected chi connectivity index (χ3v) is 2.13. The predicted octanol–water partition coefficient (Wildman–Crippen LogP) is 2.26. The third-order valence-electron chi connectivity index (χ3n) is 2.13. The Morgan fingerprint density at radius 2 is 2.00 bits per heavy atom. The Bertz CT molecular complexity index is 342. The average molecular weight is 229 g/mol. The highest BCUT2D eigenvalue weighted by atomic mass is 19.1. The molecule has 0 aliphatic carbocycles. The molecule has 0 saturated heterocycles. The first kappa shape index (κ1) is 13.1. The van der Waals surface area contributed by atoms with E-state index < -0.39 is 11.6 Å². The Balaban J connectivity index is 2.55. The van der Waals surface area contributed by atoms with Crippen LogP contribution in [0.4, 0.5) is 8.78 Å². The van der Waals surface area contributed by atoms with Crippen LogP contribution in [-0.2, 0) is 11.2 Å². The van der Waals surface area contributed by atoms with Gasteiger partial charge in [-0.3, -0.25) is 0 Å². The molecule has 1 aromatic carbocycles. The van der Waals surface area contributed by atoms with Gasteiger partial charge < -0.3 is 10.5 Å². The number of rotatable bonds is 5. The fourth-order valence-electron chi connectivity index (χ4n) is 1.36. The summed E-state index contributed by atoms with van der Waals surface area (Å²) < 4.78 is 31.4. The molecule has 0 fully saturated rings. The lowest BCUT2D eigenvalue weighted by atomic mass is 10.1. The van der Waals surface area contributed by atoms with E-state index in [0.29, 0.717) is 12.2 Å². The molecule has 2 nitrogen and oxygen atoms in total. The molecule has 0 aliphatic rings. The number of ether oxygens (including phenoxy) is 1. The van der Waals surface area contributed by atoms with Crippen LogP contribution in [0, 0.1) is 11.6 Å². The standard InChI is InChI=1S/C12H17F2NO/c1-8(2)16-7-11(15)6-9-5-10(13)3-4-12(9)14/h3-5,8,11H,6-7,15H2,1-2H3. The summed E-state index contributed by atoms with van der Waals surface area (Å²) in [4.78, 5) is 0. The van der Waals surface area contributed by atoms with Gasteiger partial charge in [-0.05, 0) is 44.0 Å². The molecule has 0 spiro atoms. The molecule has 0 aromatic heterocycles. The lowest BCUT2D eigenvalue weighted by molar-refractivity contribution is 0.0682. The first-order valence-corrected chi connectivity index (χ1v) is 5.30. The van der Waals surface area contributed by atoms with Crippen molar-refractivity contribution < 1.29 is 13.5 Å². The number of hydrogen-bond acceptors (Lipinski definition) is 2. The molecule has 0 aliphatic heterocycles. The predicted molar refractivity (Wildman–Crippen MR) is 59.1 cm³/mol. The van der Waals surface area contributed by atoms with Crippen molar-refractivity contribution in [3.63, 3.8) is 0 Å². The Morgan fingerprint density at radius 1 is 1.31 bits per heavy atom. The van der Waals surface area contributed by atoms with Crippen LogP contribution in [0.1, 0.15) is 19.4 Å². The topological polar surface area (TPSA) is 35.2 Å². The molecule has 0 bridgehead atoms. The third kappa shape index (κ3) is 4.24. The average Bonchev–Trinajstić information content (AvgIpc) is 2.20. The molecule has 0 heterocycles. The van der Waals surface area contributed by atoms with Crippen LogP contribution >= 0.6 is 0 Å². The second kappa shape index (κ2) is 5.92. The summed E-state index contributed by atoms with van der Waals surface area (Å²) in [6.07, 6.45) is 0.361. The van der Waals surface area contributed by atoms with Gasteiger partial charge in [0.15, 0.2) is 0 Å². The van der Waals surface area contributed by atoms with Gasteiger partial charge in [0.2, 0.25) is 0 Å². The Hall–Kier alpha value is -1.00. The number of nitrogens with two attached hydrogens (primary N) is 1. The van der Waals surface area contributed by atoms with E-state index in [2.05, 4.69) is 0 Å². The molecule has 0 radical (unpaired) electrons. The smallest absolute Gasteiger partial charge is 0.126 e. The first-order chi connectivity index (χ1) is 7.49. The van der Waals surface area contributed by atoms with Gasteiger partial charge in [-0.2, -0.15) is 0 Å². The van der Waals surface area contributed by atoms with E-state index in [1.54, 1.807) is 0 Å². The van der Waals surface area contributed by atoms with Crippen LogP contribution in [0.5, 0.6) is 0 Å². The van der Waals surface area contributed by atoms with E-state index in [0.717, 1.165) is 12.1 Å². The minimum atomic E-state index is -0.451. The van der Waals surface area contributed by atoms with Gasteiger partial charge in [-0.25, -0.2) is 8.78 Å². The van der Waals surface area contributed by atoms with Crippen LogP contribution < -0.4 is 5.73 Å². The SMILES string of the molecule is CC(C)OCC(N)Cc1cc(F)ccc1F. The van der Waals surface area contributed by atoms with E-state index >= 15 is 0 Å². The highest BCUT2D eigenvalue weighted by molar-refractivity contribution is 5.19. The number of halogens is 2. The van der Waals surface area contributed by atoms with Gasteiger partial charge in [0.1, 0.15) is 11.6 Å². The summed E-state index contributed by atoms with van der Waals surface area (Å²) in [5, 5.41) is 0. The van der Waals surface area contributed by atoms with E-state index in [4.69, 9.17) is 10.5 Å². The van der Waals surface area contributed by atoms with E-state index in [1.165, 1.54) is 6.07 Å². The number of hydrogen-bond donors (Lipinski definition) is 1. The van der Waals surface area contributed by atoms with Crippen molar-refractivity contribution in [2.75, 3.05) is 6.61 Å².